The Hall–Kier alpha value is -3.80. The molecule has 12 heteroatoms. The number of carbonyl (C=O) groups is 3. The van der Waals surface area contributed by atoms with Crippen molar-refractivity contribution in [2.45, 2.75) is 24.8 Å². The van der Waals surface area contributed by atoms with Crippen LogP contribution in [0.2, 0.25) is 0 Å². The number of nitrogens with one attached hydrogen (secondary N) is 1. The quantitative estimate of drug-likeness (QED) is 0.441. The molecule has 0 saturated carbocycles. The third-order valence-electron chi connectivity index (χ3n) is 7.31. The molecule has 2 aromatic carbocycles. The number of amides is 2. The number of nitrogens with two attached hydrogens (primary N) is 1. The molecular formula is C27H30N2O9S. The minimum Gasteiger partial charge on any atom is -0.493 e. The Kier molecular flexibility index (Phi) is 7.65. The molecule has 39 heavy (non-hydrogen) atoms. The highest BCUT2D eigenvalue weighted by Crippen LogP contribution is 2.52. The van der Waals surface area contributed by atoms with Gasteiger partial charge in [-0.25, -0.2) is 4.79 Å². The van der Waals surface area contributed by atoms with Crippen molar-refractivity contribution in [3.8, 4) is 28.7 Å². The van der Waals surface area contributed by atoms with Crippen molar-refractivity contribution in [2.75, 3.05) is 39.6 Å². The summed E-state index contributed by atoms with van der Waals surface area (Å²) in [5.41, 5.74) is 8.13. The second kappa shape index (κ2) is 11.1. The Balaban J connectivity index is 1.51. The first kappa shape index (κ1) is 26.8. The van der Waals surface area contributed by atoms with Crippen LogP contribution in [0.4, 0.5) is 4.79 Å². The van der Waals surface area contributed by atoms with Crippen LogP contribution in [0, 0.1) is 11.8 Å². The summed E-state index contributed by atoms with van der Waals surface area (Å²) in [7, 11) is 2.88. The number of thioether (sulfide) groups is 1. The summed E-state index contributed by atoms with van der Waals surface area (Å²) in [6, 6.07) is 6.43. The molecule has 0 unspecified atom stereocenters. The average molecular weight is 559 g/mol. The molecule has 0 aromatic heterocycles. The first-order valence-electron chi connectivity index (χ1n) is 12.5. The van der Waals surface area contributed by atoms with Crippen LogP contribution in [0.3, 0.4) is 0 Å². The third kappa shape index (κ3) is 5.12. The topological polar surface area (TPSA) is 145 Å². The molecule has 1 fully saturated rings. The number of hydrogen-bond acceptors (Lipinski definition) is 10. The highest BCUT2D eigenvalue weighted by Gasteiger charge is 2.48. The van der Waals surface area contributed by atoms with Crippen molar-refractivity contribution in [1.29, 1.82) is 0 Å². The van der Waals surface area contributed by atoms with E-state index in [0.29, 0.717) is 36.7 Å². The number of hydrogen-bond donors (Lipinski definition) is 2. The zero-order valence-electron chi connectivity index (χ0n) is 21.8. The van der Waals surface area contributed by atoms with Crippen LogP contribution in [-0.4, -0.2) is 63.6 Å². The summed E-state index contributed by atoms with van der Waals surface area (Å²) < 4.78 is 33.4. The van der Waals surface area contributed by atoms with Crippen LogP contribution >= 0.6 is 11.8 Å². The predicted molar refractivity (Wildman–Crippen MR) is 141 cm³/mol. The first-order chi connectivity index (χ1) is 18.8. The van der Waals surface area contributed by atoms with Gasteiger partial charge in [0, 0.05) is 11.8 Å². The highest BCUT2D eigenvalue weighted by atomic mass is 32.2. The summed E-state index contributed by atoms with van der Waals surface area (Å²) in [5, 5.41) is 2.51. The molecule has 2 aromatic rings. The summed E-state index contributed by atoms with van der Waals surface area (Å²) in [6.07, 6.45) is 2.04. The molecule has 0 bridgehead atoms. The van der Waals surface area contributed by atoms with Crippen molar-refractivity contribution in [2.24, 2.45) is 17.6 Å². The molecule has 1 aliphatic carbocycles. The van der Waals surface area contributed by atoms with E-state index in [1.165, 1.54) is 26.0 Å². The van der Waals surface area contributed by atoms with Crippen LogP contribution in [-0.2, 0) is 20.7 Å². The van der Waals surface area contributed by atoms with Gasteiger partial charge in [0.2, 0.25) is 18.4 Å². The Morgan fingerprint density at radius 1 is 1.10 bits per heavy atom. The van der Waals surface area contributed by atoms with Crippen molar-refractivity contribution >= 4 is 29.7 Å². The van der Waals surface area contributed by atoms with Crippen LogP contribution in [0.25, 0.3) is 0 Å². The number of carbonyl (C=O) groups excluding carboxylic acids is 3. The smallest absolute Gasteiger partial charge is 0.413 e. The monoisotopic (exact) mass is 558 g/mol. The van der Waals surface area contributed by atoms with Gasteiger partial charge in [-0.05, 0) is 65.8 Å². The summed E-state index contributed by atoms with van der Waals surface area (Å²) in [4.78, 5) is 37.5. The van der Waals surface area contributed by atoms with Gasteiger partial charge in [0.05, 0.1) is 26.7 Å². The number of rotatable bonds is 9. The number of cyclic esters (lactones) is 1. The molecule has 4 atom stereocenters. The molecule has 2 amide bonds. The summed E-state index contributed by atoms with van der Waals surface area (Å²) in [5.74, 6) is 0.627. The fourth-order valence-electron chi connectivity index (χ4n) is 5.47. The molecule has 5 rings (SSSR count). The zero-order valence-corrected chi connectivity index (χ0v) is 22.6. The average Bonchev–Trinajstić information content (AvgIpc) is 3.54. The summed E-state index contributed by atoms with van der Waals surface area (Å²) in [6.45, 7) is 0.475. The van der Waals surface area contributed by atoms with E-state index >= 15 is 0 Å². The normalized spacial score (nSPS) is 21.3. The van der Waals surface area contributed by atoms with Gasteiger partial charge in [0.25, 0.3) is 0 Å². The van der Waals surface area contributed by atoms with E-state index in [0.717, 1.165) is 16.7 Å². The molecule has 3 N–H and O–H groups in total. The minimum absolute atomic E-state index is 0.0129. The fraction of sp³-hybridized carbons (Fsp3) is 0.444. The second-order valence-electron chi connectivity index (χ2n) is 9.53. The Morgan fingerprint density at radius 2 is 1.79 bits per heavy atom. The largest absolute Gasteiger partial charge is 0.493 e. The SMILES string of the molecule is COc1cc([C@@H]2c3cc4c(cc3C[C@H]3COC(=O)[C@@H]32)OCO4)cc(OC)c1OC(=O)N[C@H](CCSC)C(N)=O. The van der Waals surface area contributed by atoms with Crippen LogP contribution in [0.15, 0.2) is 24.3 Å². The molecular weight excluding hydrogens is 528 g/mol. The van der Waals surface area contributed by atoms with Gasteiger partial charge >= 0.3 is 12.1 Å². The lowest BCUT2D eigenvalue weighted by Gasteiger charge is -2.34. The number of primary amides is 1. The van der Waals surface area contributed by atoms with E-state index in [1.54, 1.807) is 12.1 Å². The molecule has 3 aliphatic rings. The van der Waals surface area contributed by atoms with E-state index < -0.39 is 24.0 Å². The van der Waals surface area contributed by atoms with Crippen LogP contribution in [0.1, 0.15) is 29.0 Å². The van der Waals surface area contributed by atoms with Crippen molar-refractivity contribution < 1.29 is 42.8 Å². The predicted octanol–water partition coefficient (Wildman–Crippen LogP) is 2.61. The zero-order chi connectivity index (χ0) is 27.7. The molecule has 11 nitrogen and oxygen atoms in total. The Morgan fingerprint density at radius 3 is 2.44 bits per heavy atom. The number of fused-ring (bicyclic) bond motifs is 3. The van der Waals surface area contributed by atoms with Gasteiger partial charge in [0.15, 0.2) is 23.0 Å². The van der Waals surface area contributed by atoms with E-state index in [-0.39, 0.29) is 41.8 Å². The standard InChI is InChI=1S/C27H30N2O9S/c1-33-20-8-14(9-21(34-2)24(20)38-27(32)29-17(25(28)30)4-5-39-3)22-16-10-19-18(36-12-37-19)7-13(16)6-15-11-35-26(31)23(15)22/h7-10,15,17,22-23H,4-6,11-12H2,1-3H3,(H2,28,30)(H,29,32)/t15-,17+,22+,23-/m0/s1. The molecule has 2 aliphatic heterocycles. The molecule has 208 valence electrons. The highest BCUT2D eigenvalue weighted by molar-refractivity contribution is 7.98. The molecule has 1 saturated heterocycles. The molecule has 0 spiro atoms. The van der Waals surface area contributed by atoms with E-state index in [2.05, 4.69) is 5.32 Å². The number of benzene rings is 2. The van der Waals surface area contributed by atoms with Crippen molar-refractivity contribution in [3.63, 3.8) is 0 Å². The third-order valence-corrected chi connectivity index (χ3v) is 7.96. The van der Waals surface area contributed by atoms with Gasteiger partial charge in [-0.1, -0.05) is 0 Å². The molecule has 0 radical (unpaired) electrons. The number of ether oxygens (including phenoxy) is 6. The maximum Gasteiger partial charge on any atom is 0.413 e. The maximum absolute atomic E-state index is 12.9. The van der Waals surface area contributed by atoms with Crippen LogP contribution < -0.4 is 34.7 Å². The Bertz CT molecular complexity index is 1280. The van der Waals surface area contributed by atoms with E-state index in [9.17, 15) is 14.4 Å². The second-order valence-corrected chi connectivity index (χ2v) is 10.5. The van der Waals surface area contributed by atoms with E-state index in [1.807, 2.05) is 18.4 Å². The van der Waals surface area contributed by atoms with Crippen molar-refractivity contribution in [1.82, 2.24) is 5.32 Å². The van der Waals surface area contributed by atoms with E-state index in [4.69, 9.17) is 34.2 Å². The first-order valence-corrected chi connectivity index (χ1v) is 13.9. The number of esters is 1. The van der Waals surface area contributed by atoms with Gasteiger partial charge in [-0.2, -0.15) is 11.8 Å². The van der Waals surface area contributed by atoms with Gasteiger partial charge in [0.1, 0.15) is 6.04 Å². The molecule has 2 heterocycles. The minimum atomic E-state index is -0.891. The lowest BCUT2D eigenvalue weighted by molar-refractivity contribution is -0.141. The maximum atomic E-state index is 12.9. The number of methoxy groups -OCH3 is 2. The van der Waals surface area contributed by atoms with Crippen molar-refractivity contribution in [3.05, 3.63) is 41.0 Å². The fourth-order valence-corrected chi connectivity index (χ4v) is 5.94. The van der Waals surface area contributed by atoms with Gasteiger partial charge < -0.3 is 39.5 Å². The lowest BCUT2D eigenvalue weighted by atomic mass is 9.67. The lowest BCUT2D eigenvalue weighted by Crippen LogP contribution is -2.45. The van der Waals surface area contributed by atoms with Gasteiger partial charge in [-0.3, -0.25) is 9.59 Å². The summed E-state index contributed by atoms with van der Waals surface area (Å²) >= 11 is 1.53. The van der Waals surface area contributed by atoms with Crippen LogP contribution in [0.5, 0.6) is 28.7 Å². The van der Waals surface area contributed by atoms with Gasteiger partial charge in [-0.15, -0.1) is 0 Å². The Labute approximate surface area is 229 Å².